The van der Waals surface area contributed by atoms with Gasteiger partial charge < -0.3 is 19.7 Å². The lowest BCUT2D eigenvalue weighted by Crippen LogP contribution is -2.71. The molecule has 3 unspecified atom stereocenters. The number of rotatable bonds is 18. The molecule has 324 valence electrons. The quantitative estimate of drug-likeness (QED) is 0.0334. The van der Waals surface area contributed by atoms with Crippen LogP contribution in [0.4, 0.5) is 0 Å². The van der Waals surface area contributed by atoms with E-state index in [-0.39, 0.29) is 25.1 Å². The number of pyridine rings is 1. The zero-order valence-corrected chi connectivity index (χ0v) is 36.0. The average molecular weight is 862 g/mol. The van der Waals surface area contributed by atoms with E-state index in [1.165, 1.54) is 4.90 Å². The number of aromatic nitrogens is 4. The number of Topliss-reactive ketones (excluding diaryl/α,β-unsaturated/α-hetero) is 1. The second-order valence-corrected chi connectivity index (χ2v) is 16.8. The van der Waals surface area contributed by atoms with Gasteiger partial charge in [-0.1, -0.05) is 146 Å². The Morgan fingerprint density at radius 3 is 1.77 bits per heavy atom. The Labute approximate surface area is 374 Å². The zero-order valence-electron chi connectivity index (χ0n) is 36.0. The van der Waals surface area contributed by atoms with Crippen LogP contribution in [0.2, 0.25) is 0 Å². The summed E-state index contributed by atoms with van der Waals surface area (Å²) in [5.41, 5.74) is 3.50. The maximum absolute atomic E-state index is 16.7. The molecule has 12 heteroatoms. The van der Waals surface area contributed by atoms with Gasteiger partial charge in [-0.2, -0.15) is 0 Å². The van der Waals surface area contributed by atoms with Crippen LogP contribution in [-0.2, 0) is 29.0 Å². The van der Waals surface area contributed by atoms with Crippen molar-refractivity contribution >= 4 is 60.9 Å². The molecule has 0 fully saturated rings. The van der Waals surface area contributed by atoms with Gasteiger partial charge >= 0.3 is 5.97 Å². The number of H-pyrrole nitrogens is 3. The van der Waals surface area contributed by atoms with E-state index in [0.29, 0.717) is 38.7 Å². The number of hydrogen-bond acceptors (Lipinski definition) is 9. The first-order chi connectivity index (χ1) is 31.7. The normalized spacial score (nSPS) is 14.1. The van der Waals surface area contributed by atoms with Crippen molar-refractivity contribution in [1.82, 2.24) is 24.8 Å². The predicted molar refractivity (Wildman–Crippen MR) is 256 cm³/mol. The van der Waals surface area contributed by atoms with Crippen LogP contribution < -0.4 is 0 Å². The van der Waals surface area contributed by atoms with Gasteiger partial charge in [0, 0.05) is 69.2 Å². The van der Waals surface area contributed by atoms with E-state index in [4.69, 9.17) is 9.72 Å². The molecule has 0 amide bonds. The minimum atomic E-state index is -2.56. The number of fused-ring (bicyclic) bond motifs is 5. The number of benzene rings is 5. The van der Waals surface area contributed by atoms with E-state index in [1.54, 1.807) is 24.7 Å². The summed E-state index contributed by atoms with van der Waals surface area (Å²) >= 11 is 0. The lowest BCUT2D eigenvalue weighted by molar-refractivity contribution is -0.164. The number of ketones is 1. The van der Waals surface area contributed by atoms with Crippen molar-refractivity contribution in [3.8, 4) is 0 Å². The van der Waals surface area contributed by atoms with E-state index in [1.807, 2.05) is 147 Å². The lowest BCUT2D eigenvalue weighted by Gasteiger charge is -2.50. The van der Waals surface area contributed by atoms with E-state index in [2.05, 4.69) is 31.9 Å². The fourth-order valence-corrected chi connectivity index (χ4v) is 9.65. The molecule has 0 saturated heterocycles. The number of para-hydroxylation sites is 3. The highest BCUT2D eigenvalue weighted by molar-refractivity contribution is 6.19. The fraction of sp³-hybridized carbons (Fsp3) is 0.189. The topological polar surface area (TPSA) is 166 Å². The van der Waals surface area contributed by atoms with Gasteiger partial charge in [-0.05, 0) is 58.0 Å². The second kappa shape index (κ2) is 18.1. The Kier molecular flexibility index (Phi) is 11.8. The highest BCUT2D eigenvalue weighted by Crippen LogP contribution is 2.47. The van der Waals surface area contributed by atoms with Crippen LogP contribution in [0.25, 0.3) is 49.2 Å². The summed E-state index contributed by atoms with van der Waals surface area (Å²) in [5.74, 6) is -3.54. The van der Waals surface area contributed by atoms with Crippen molar-refractivity contribution in [1.29, 1.82) is 0 Å². The number of nitrogens with zero attached hydrogens (tertiary/aromatic N) is 4. The Morgan fingerprint density at radius 2 is 1.20 bits per heavy atom. The van der Waals surface area contributed by atoms with E-state index >= 15 is 9.59 Å². The van der Waals surface area contributed by atoms with Crippen LogP contribution in [0.3, 0.4) is 0 Å². The van der Waals surface area contributed by atoms with Gasteiger partial charge in [-0.3, -0.25) is 9.78 Å². The molecule has 0 bridgehead atoms. The molecule has 5 aromatic carbocycles. The molecular weight excluding hydrogens is 815 g/mol. The van der Waals surface area contributed by atoms with Crippen molar-refractivity contribution in [2.24, 2.45) is 22.2 Å². The number of nitrogens with one attached hydrogen (secondary N) is 3. The SMILES string of the molecule is C=C(c1ccccc1)C(C(C)C)[C@](C(=O)OCc1ccccc1)(C(=O)c1cc2c(cn1)[nH]c1ccccc12)N(C(Cc1c[nH]c2ccccc12)N=O)C(Cc1c[nH]c2ccccc12)N=O. The van der Waals surface area contributed by atoms with Crippen LogP contribution >= 0.6 is 0 Å². The van der Waals surface area contributed by atoms with E-state index < -0.39 is 41.5 Å². The highest BCUT2D eigenvalue weighted by Gasteiger charge is 2.64. The third-order valence-electron chi connectivity index (χ3n) is 12.6. The number of aromatic amines is 3. The Balaban J connectivity index is 1.35. The summed E-state index contributed by atoms with van der Waals surface area (Å²) in [5, 5.41) is 10.7. The molecule has 12 nitrogen and oxygen atoms in total. The van der Waals surface area contributed by atoms with Gasteiger partial charge in [0.1, 0.15) is 12.3 Å². The van der Waals surface area contributed by atoms with Crippen molar-refractivity contribution < 1.29 is 14.3 Å². The van der Waals surface area contributed by atoms with Crippen molar-refractivity contribution in [3.63, 3.8) is 0 Å². The van der Waals surface area contributed by atoms with E-state index in [0.717, 1.165) is 32.7 Å². The third-order valence-corrected chi connectivity index (χ3v) is 12.6. The van der Waals surface area contributed by atoms with Crippen LogP contribution in [-0.4, -0.2) is 54.5 Å². The fourth-order valence-electron chi connectivity index (χ4n) is 9.65. The van der Waals surface area contributed by atoms with Crippen molar-refractivity contribution in [3.05, 3.63) is 202 Å². The summed E-state index contributed by atoms with van der Waals surface area (Å²) in [6.07, 6.45) is 1.76. The number of hydrogen-bond donors (Lipinski definition) is 3. The monoisotopic (exact) mass is 861 g/mol. The molecule has 4 aromatic heterocycles. The number of nitroso groups, excluding NO2 is 2. The van der Waals surface area contributed by atoms with Crippen LogP contribution in [0.15, 0.2) is 175 Å². The summed E-state index contributed by atoms with van der Waals surface area (Å²) in [4.78, 5) is 76.9. The summed E-state index contributed by atoms with van der Waals surface area (Å²) in [6.45, 7) is 8.15. The van der Waals surface area contributed by atoms with Crippen molar-refractivity contribution in [2.75, 3.05) is 0 Å². The largest absolute Gasteiger partial charge is 0.459 e. The molecule has 9 aromatic rings. The second-order valence-electron chi connectivity index (χ2n) is 16.8. The third kappa shape index (κ3) is 7.82. The predicted octanol–water partition coefficient (Wildman–Crippen LogP) is 11.3. The molecule has 0 saturated carbocycles. The number of esters is 1. The van der Waals surface area contributed by atoms with Crippen LogP contribution in [0, 0.1) is 21.6 Å². The first-order valence-corrected chi connectivity index (χ1v) is 21.6. The van der Waals surface area contributed by atoms with Gasteiger partial charge in [0.05, 0.1) is 11.7 Å². The molecule has 0 aliphatic carbocycles. The molecule has 9 rings (SSSR count). The van der Waals surface area contributed by atoms with Crippen molar-refractivity contribution in [2.45, 2.75) is 51.2 Å². The smallest absolute Gasteiger partial charge is 0.335 e. The Morgan fingerprint density at radius 1 is 0.677 bits per heavy atom. The number of carbonyl (C=O) groups excluding carboxylic acids is 2. The van der Waals surface area contributed by atoms with E-state index in [9.17, 15) is 9.81 Å². The van der Waals surface area contributed by atoms with Gasteiger partial charge in [0.2, 0.25) is 5.78 Å². The maximum atomic E-state index is 16.7. The number of carbonyl (C=O) groups is 2. The molecule has 4 heterocycles. The average Bonchev–Trinajstić information content (AvgIpc) is 4.07. The van der Waals surface area contributed by atoms with Crippen LogP contribution in [0.1, 0.15) is 46.6 Å². The molecule has 0 spiro atoms. The Bertz CT molecular complexity index is 3100. The standard InChI is InChI=1S/C53H47N7O5/c1-33(2)50(34(3)36-18-8-5-9-19-36)53(52(62)65-32-35-16-6-4-7-17-35,51(61)46-28-42-41-22-12-15-25-45(41)57-47(42)31-56-46)60(48(58-63)26-37-29-54-43-23-13-10-20-39(37)43)49(59-64)27-38-30-55-44-24-14-11-21-40(38)44/h4-25,28-31,33,48-50,54-55,57H,3,26-27,32H2,1-2H3/t48?,49?,50?,53-/m1/s1. The molecule has 0 radical (unpaired) electrons. The maximum Gasteiger partial charge on any atom is 0.335 e. The Hall–Kier alpha value is -7.83. The van der Waals surface area contributed by atoms with Gasteiger partial charge in [0.25, 0.3) is 0 Å². The van der Waals surface area contributed by atoms with Gasteiger partial charge in [-0.25, -0.2) is 9.69 Å². The number of ether oxygens (including phenoxy) is 1. The van der Waals surface area contributed by atoms with Crippen LogP contribution in [0.5, 0.6) is 0 Å². The molecule has 0 aliphatic heterocycles. The molecular formula is C53H47N7O5. The minimum absolute atomic E-state index is 0.0936. The first kappa shape index (κ1) is 42.5. The summed E-state index contributed by atoms with van der Waals surface area (Å²) < 4.78 is 6.40. The van der Waals surface area contributed by atoms with Gasteiger partial charge in [0.15, 0.2) is 17.9 Å². The van der Waals surface area contributed by atoms with Gasteiger partial charge in [-0.15, -0.1) is 9.81 Å². The molecule has 65 heavy (non-hydrogen) atoms. The summed E-state index contributed by atoms with van der Waals surface area (Å²) in [7, 11) is 0. The molecule has 4 atom stereocenters. The summed E-state index contributed by atoms with van der Waals surface area (Å²) in [6, 6.07) is 42.9. The molecule has 0 aliphatic rings. The molecule has 3 N–H and O–H groups in total. The lowest BCUT2D eigenvalue weighted by atomic mass is 9.66. The minimum Gasteiger partial charge on any atom is -0.459 e. The zero-order chi connectivity index (χ0) is 45.1. The highest BCUT2D eigenvalue weighted by atomic mass is 16.5. The first-order valence-electron chi connectivity index (χ1n) is 21.6.